The number of hydrogen-bond donors (Lipinski definition) is 0. The lowest BCUT2D eigenvalue weighted by atomic mass is 9.90. The van der Waals surface area contributed by atoms with E-state index in [1.165, 1.54) is 44.5 Å². The van der Waals surface area contributed by atoms with E-state index in [4.69, 9.17) is 4.84 Å². The van der Waals surface area contributed by atoms with E-state index in [0.717, 1.165) is 18.6 Å². The van der Waals surface area contributed by atoms with Crippen LogP contribution in [-0.4, -0.2) is 5.71 Å². The van der Waals surface area contributed by atoms with Gasteiger partial charge < -0.3 is 4.84 Å². The molecule has 0 aliphatic heterocycles. The van der Waals surface area contributed by atoms with Crippen molar-refractivity contribution in [3.8, 4) is 0 Å². The third-order valence-corrected chi connectivity index (χ3v) is 6.06. The molecule has 0 N–H and O–H groups in total. The van der Waals surface area contributed by atoms with E-state index in [2.05, 4.69) is 88.3 Å². The molecule has 0 saturated heterocycles. The summed E-state index contributed by atoms with van der Waals surface area (Å²) in [5, 5.41) is 4.59. The Labute approximate surface area is 175 Å². The Kier molecular flexibility index (Phi) is 6.87. The summed E-state index contributed by atoms with van der Waals surface area (Å²) in [5.74, 6) is 0. The molecule has 0 bridgehead atoms. The van der Waals surface area contributed by atoms with Crippen LogP contribution < -0.4 is 0 Å². The van der Waals surface area contributed by atoms with Crippen molar-refractivity contribution >= 4 is 5.71 Å². The molecule has 0 aliphatic rings. The first-order chi connectivity index (χ1) is 14.0. The maximum absolute atomic E-state index is 5.93. The van der Waals surface area contributed by atoms with E-state index in [-0.39, 0.29) is 0 Å². The number of nitrogens with zero attached hydrogens (tertiary/aromatic N) is 1. The average molecular weight is 386 g/mol. The molecular formula is C27H31NO. The summed E-state index contributed by atoms with van der Waals surface area (Å²) in [6.07, 6.45) is 1.58. The molecule has 0 aliphatic carbocycles. The summed E-state index contributed by atoms with van der Waals surface area (Å²) >= 11 is 0. The SMILES string of the molecule is Cc1c(C)c(C)c(CON=C(Cc2ccccc2)Cc2ccccc2)c(C)c1C. The Morgan fingerprint density at radius 3 is 1.48 bits per heavy atom. The van der Waals surface area contributed by atoms with Crippen LogP contribution >= 0.6 is 0 Å². The average Bonchev–Trinajstić information content (AvgIpc) is 2.74. The Hall–Kier alpha value is -2.87. The molecule has 3 aromatic carbocycles. The predicted molar refractivity (Wildman–Crippen MR) is 123 cm³/mol. The molecule has 0 aromatic heterocycles. The minimum atomic E-state index is 0.507. The normalized spacial score (nSPS) is 10.7. The number of hydrogen-bond acceptors (Lipinski definition) is 2. The highest BCUT2D eigenvalue weighted by Crippen LogP contribution is 2.26. The third kappa shape index (κ3) is 5.14. The van der Waals surface area contributed by atoms with Gasteiger partial charge in [0.05, 0.1) is 5.71 Å². The van der Waals surface area contributed by atoms with Crippen LogP contribution in [0.5, 0.6) is 0 Å². The number of rotatable bonds is 7. The number of oxime groups is 1. The summed E-state index contributed by atoms with van der Waals surface area (Å²) in [7, 11) is 0. The van der Waals surface area contributed by atoms with Gasteiger partial charge in [-0.15, -0.1) is 0 Å². The Morgan fingerprint density at radius 2 is 1.03 bits per heavy atom. The van der Waals surface area contributed by atoms with Gasteiger partial charge in [0.2, 0.25) is 0 Å². The van der Waals surface area contributed by atoms with Crippen LogP contribution in [-0.2, 0) is 24.3 Å². The first-order valence-corrected chi connectivity index (χ1v) is 10.3. The maximum atomic E-state index is 5.93. The molecule has 0 unspecified atom stereocenters. The Morgan fingerprint density at radius 1 is 0.621 bits per heavy atom. The lowest BCUT2D eigenvalue weighted by Crippen LogP contribution is -2.09. The molecule has 0 fully saturated rings. The Bertz CT molecular complexity index is 916. The summed E-state index contributed by atoms with van der Waals surface area (Å²) in [6, 6.07) is 20.9. The minimum absolute atomic E-state index is 0.507. The molecule has 3 rings (SSSR count). The van der Waals surface area contributed by atoms with Gasteiger partial charge in [0.1, 0.15) is 6.61 Å². The second kappa shape index (κ2) is 9.56. The van der Waals surface area contributed by atoms with Gasteiger partial charge in [0.25, 0.3) is 0 Å². The fourth-order valence-electron chi connectivity index (χ4n) is 3.77. The molecule has 0 spiro atoms. The second-order valence-electron chi connectivity index (χ2n) is 7.86. The van der Waals surface area contributed by atoms with Gasteiger partial charge in [-0.25, -0.2) is 0 Å². The van der Waals surface area contributed by atoms with E-state index in [1.807, 2.05) is 12.1 Å². The number of benzene rings is 3. The molecule has 0 radical (unpaired) electrons. The predicted octanol–water partition coefficient (Wildman–Crippen LogP) is 6.59. The first kappa shape index (κ1) is 20.9. The zero-order chi connectivity index (χ0) is 20.8. The molecular weight excluding hydrogens is 354 g/mol. The minimum Gasteiger partial charge on any atom is -0.391 e. The van der Waals surface area contributed by atoms with E-state index >= 15 is 0 Å². The lowest BCUT2D eigenvalue weighted by molar-refractivity contribution is 0.128. The summed E-state index contributed by atoms with van der Waals surface area (Å²) in [6.45, 7) is 11.5. The van der Waals surface area contributed by atoms with Crippen molar-refractivity contribution < 1.29 is 4.84 Å². The van der Waals surface area contributed by atoms with Gasteiger partial charge in [-0.3, -0.25) is 0 Å². The standard InChI is InChI=1S/C27H31NO/c1-19-20(2)22(4)27(23(5)21(19)3)18-29-28-26(16-24-12-8-6-9-13-24)17-25-14-10-7-11-15-25/h6-15H,16-18H2,1-5H3. The molecule has 2 nitrogen and oxygen atoms in total. The van der Waals surface area contributed by atoms with Crippen LogP contribution in [0.1, 0.15) is 44.5 Å². The fourth-order valence-corrected chi connectivity index (χ4v) is 3.77. The zero-order valence-electron chi connectivity index (χ0n) is 18.3. The van der Waals surface area contributed by atoms with Crippen LogP contribution in [0.3, 0.4) is 0 Å². The van der Waals surface area contributed by atoms with Gasteiger partial charge in [0, 0.05) is 12.8 Å². The van der Waals surface area contributed by atoms with Crippen LogP contribution in [0.25, 0.3) is 0 Å². The lowest BCUT2D eigenvalue weighted by Gasteiger charge is -2.18. The topological polar surface area (TPSA) is 21.6 Å². The summed E-state index contributed by atoms with van der Waals surface area (Å²) in [4.78, 5) is 5.93. The first-order valence-electron chi connectivity index (χ1n) is 10.3. The van der Waals surface area contributed by atoms with Crippen molar-refractivity contribution in [1.29, 1.82) is 0 Å². The van der Waals surface area contributed by atoms with Gasteiger partial charge >= 0.3 is 0 Å². The molecule has 2 heteroatoms. The highest BCUT2D eigenvalue weighted by Gasteiger charge is 2.13. The monoisotopic (exact) mass is 385 g/mol. The van der Waals surface area contributed by atoms with Crippen LogP contribution in [0.15, 0.2) is 65.8 Å². The largest absolute Gasteiger partial charge is 0.391 e. The van der Waals surface area contributed by atoms with E-state index in [0.29, 0.717) is 6.61 Å². The van der Waals surface area contributed by atoms with E-state index < -0.39 is 0 Å². The van der Waals surface area contributed by atoms with Gasteiger partial charge in [-0.2, -0.15) is 0 Å². The maximum Gasteiger partial charge on any atom is 0.142 e. The molecule has 150 valence electrons. The van der Waals surface area contributed by atoms with Crippen LogP contribution in [0, 0.1) is 34.6 Å². The fraction of sp³-hybridized carbons (Fsp3) is 0.296. The molecule has 3 aromatic rings. The van der Waals surface area contributed by atoms with Crippen molar-refractivity contribution in [3.63, 3.8) is 0 Å². The highest BCUT2D eigenvalue weighted by molar-refractivity contribution is 5.88. The smallest absolute Gasteiger partial charge is 0.142 e. The molecule has 0 heterocycles. The summed E-state index contributed by atoms with van der Waals surface area (Å²) in [5.41, 5.74) is 11.5. The van der Waals surface area contributed by atoms with Gasteiger partial charge in [-0.05, 0) is 79.1 Å². The van der Waals surface area contributed by atoms with Crippen molar-refractivity contribution in [1.82, 2.24) is 0 Å². The van der Waals surface area contributed by atoms with E-state index in [1.54, 1.807) is 0 Å². The zero-order valence-corrected chi connectivity index (χ0v) is 18.3. The quantitative estimate of drug-likeness (QED) is 0.332. The molecule has 29 heavy (non-hydrogen) atoms. The van der Waals surface area contributed by atoms with Crippen LogP contribution in [0.4, 0.5) is 0 Å². The molecule has 0 amide bonds. The summed E-state index contributed by atoms with van der Waals surface area (Å²) < 4.78 is 0. The van der Waals surface area contributed by atoms with Crippen molar-refractivity contribution in [2.75, 3.05) is 0 Å². The van der Waals surface area contributed by atoms with Gasteiger partial charge in [0.15, 0.2) is 0 Å². The van der Waals surface area contributed by atoms with Gasteiger partial charge in [-0.1, -0.05) is 65.8 Å². The molecule has 0 saturated carbocycles. The van der Waals surface area contributed by atoms with Crippen LogP contribution in [0.2, 0.25) is 0 Å². The van der Waals surface area contributed by atoms with E-state index in [9.17, 15) is 0 Å². The third-order valence-electron chi connectivity index (χ3n) is 6.06. The molecule has 0 atom stereocenters. The van der Waals surface area contributed by atoms with Crippen molar-refractivity contribution in [3.05, 3.63) is 105 Å². The van der Waals surface area contributed by atoms with Crippen molar-refractivity contribution in [2.45, 2.75) is 54.1 Å². The highest BCUT2D eigenvalue weighted by atomic mass is 16.6. The Balaban J connectivity index is 1.81. The second-order valence-corrected chi connectivity index (χ2v) is 7.86. The van der Waals surface area contributed by atoms with Crippen molar-refractivity contribution in [2.24, 2.45) is 5.16 Å².